The third-order valence-corrected chi connectivity index (χ3v) is 3.73. The zero-order chi connectivity index (χ0) is 13.4. The Morgan fingerprint density at radius 1 is 1.11 bits per heavy atom. The SMILES string of the molecule is CCOc1ccc2nc3cc(I)ccc3c(N)c2c1. The summed E-state index contributed by atoms with van der Waals surface area (Å²) in [5.74, 6) is 0.827. The summed E-state index contributed by atoms with van der Waals surface area (Å²) >= 11 is 2.28. The number of fused-ring (bicyclic) bond motifs is 2. The fourth-order valence-electron chi connectivity index (χ4n) is 2.18. The number of pyridine rings is 1. The van der Waals surface area contributed by atoms with Crippen LogP contribution in [-0.2, 0) is 0 Å². The first kappa shape index (κ1) is 12.5. The quantitative estimate of drug-likeness (QED) is 0.553. The second-order valence-corrected chi connectivity index (χ2v) is 5.54. The number of nitrogens with two attached hydrogens (primary N) is 1. The maximum absolute atomic E-state index is 6.27. The largest absolute Gasteiger partial charge is 0.494 e. The van der Waals surface area contributed by atoms with E-state index in [1.54, 1.807) is 0 Å². The molecule has 0 unspecified atom stereocenters. The molecule has 0 aliphatic carbocycles. The van der Waals surface area contributed by atoms with E-state index in [-0.39, 0.29) is 0 Å². The highest BCUT2D eigenvalue weighted by atomic mass is 127. The Kier molecular flexibility index (Phi) is 3.18. The van der Waals surface area contributed by atoms with Crippen molar-refractivity contribution in [3.63, 3.8) is 0 Å². The van der Waals surface area contributed by atoms with Gasteiger partial charge in [0, 0.05) is 14.3 Å². The van der Waals surface area contributed by atoms with Crippen LogP contribution in [0.4, 0.5) is 5.69 Å². The molecule has 0 radical (unpaired) electrons. The minimum absolute atomic E-state index is 0.643. The van der Waals surface area contributed by atoms with Gasteiger partial charge >= 0.3 is 0 Å². The van der Waals surface area contributed by atoms with Crippen molar-refractivity contribution in [1.29, 1.82) is 0 Å². The molecule has 96 valence electrons. The number of rotatable bonds is 2. The molecule has 0 aliphatic rings. The van der Waals surface area contributed by atoms with Crippen LogP contribution in [-0.4, -0.2) is 11.6 Å². The van der Waals surface area contributed by atoms with Crippen LogP contribution in [0.3, 0.4) is 0 Å². The molecule has 3 rings (SSSR count). The monoisotopic (exact) mass is 364 g/mol. The van der Waals surface area contributed by atoms with Gasteiger partial charge in [-0.2, -0.15) is 0 Å². The van der Waals surface area contributed by atoms with Gasteiger partial charge < -0.3 is 10.5 Å². The molecule has 0 atom stereocenters. The van der Waals surface area contributed by atoms with Crippen LogP contribution in [0.15, 0.2) is 36.4 Å². The average molecular weight is 364 g/mol. The zero-order valence-electron chi connectivity index (χ0n) is 10.5. The first-order chi connectivity index (χ1) is 9.19. The molecule has 0 bridgehead atoms. The van der Waals surface area contributed by atoms with Gasteiger partial charge in [0.1, 0.15) is 5.75 Å². The van der Waals surface area contributed by atoms with E-state index in [1.807, 2.05) is 43.3 Å². The Balaban J connectivity index is 2.33. The van der Waals surface area contributed by atoms with E-state index in [0.717, 1.165) is 36.8 Å². The van der Waals surface area contributed by atoms with Crippen LogP contribution in [0.5, 0.6) is 5.75 Å². The Hall–Kier alpha value is -1.56. The van der Waals surface area contributed by atoms with Crippen LogP contribution in [0.2, 0.25) is 0 Å². The second kappa shape index (κ2) is 4.85. The number of aromatic nitrogens is 1. The van der Waals surface area contributed by atoms with Gasteiger partial charge in [-0.05, 0) is 65.9 Å². The summed E-state index contributed by atoms with van der Waals surface area (Å²) in [4.78, 5) is 4.66. The minimum atomic E-state index is 0.643. The predicted molar refractivity (Wildman–Crippen MR) is 87.5 cm³/mol. The smallest absolute Gasteiger partial charge is 0.120 e. The lowest BCUT2D eigenvalue weighted by molar-refractivity contribution is 0.341. The van der Waals surface area contributed by atoms with Crippen molar-refractivity contribution in [2.45, 2.75) is 6.92 Å². The summed E-state index contributed by atoms with van der Waals surface area (Å²) in [7, 11) is 0. The molecule has 1 heterocycles. The average Bonchev–Trinajstić information content (AvgIpc) is 2.40. The molecule has 2 N–H and O–H groups in total. The zero-order valence-corrected chi connectivity index (χ0v) is 12.6. The van der Waals surface area contributed by atoms with E-state index in [2.05, 4.69) is 27.6 Å². The van der Waals surface area contributed by atoms with Crippen molar-refractivity contribution in [3.8, 4) is 5.75 Å². The fourth-order valence-corrected chi connectivity index (χ4v) is 2.66. The van der Waals surface area contributed by atoms with Crippen molar-refractivity contribution in [2.24, 2.45) is 0 Å². The van der Waals surface area contributed by atoms with E-state index < -0.39 is 0 Å². The summed E-state index contributed by atoms with van der Waals surface area (Å²) in [5.41, 5.74) is 8.86. The minimum Gasteiger partial charge on any atom is -0.494 e. The normalized spacial score (nSPS) is 11.1. The molecule has 0 saturated heterocycles. The third-order valence-electron chi connectivity index (χ3n) is 3.06. The maximum atomic E-state index is 6.27. The molecule has 3 nitrogen and oxygen atoms in total. The molecule has 0 aliphatic heterocycles. The summed E-state index contributed by atoms with van der Waals surface area (Å²) in [5, 5.41) is 1.93. The number of anilines is 1. The summed E-state index contributed by atoms with van der Waals surface area (Å²) in [6, 6.07) is 11.9. The predicted octanol–water partition coefficient (Wildman–Crippen LogP) is 3.97. The molecule has 0 fully saturated rings. The summed E-state index contributed by atoms with van der Waals surface area (Å²) in [6.07, 6.45) is 0. The Bertz CT molecular complexity index is 771. The lowest BCUT2D eigenvalue weighted by atomic mass is 10.1. The number of ether oxygens (including phenoxy) is 1. The Morgan fingerprint density at radius 3 is 2.74 bits per heavy atom. The van der Waals surface area contributed by atoms with Crippen LogP contribution < -0.4 is 10.5 Å². The van der Waals surface area contributed by atoms with Crippen LogP contribution in [0, 0.1) is 3.57 Å². The van der Waals surface area contributed by atoms with Crippen molar-refractivity contribution >= 4 is 50.1 Å². The molecule has 19 heavy (non-hydrogen) atoms. The molecule has 1 aromatic heterocycles. The molecule has 0 amide bonds. The molecule has 3 aromatic rings. The number of nitrogen functional groups attached to an aromatic ring is 1. The molecule has 4 heteroatoms. The fraction of sp³-hybridized carbons (Fsp3) is 0.133. The van der Waals surface area contributed by atoms with Crippen LogP contribution in [0.25, 0.3) is 21.8 Å². The van der Waals surface area contributed by atoms with Gasteiger partial charge in [-0.15, -0.1) is 0 Å². The van der Waals surface area contributed by atoms with Gasteiger partial charge in [0.2, 0.25) is 0 Å². The standard InChI is InChI=1S/C15H13IN2O/c1-2-19-10-4-6-13-12(8-10)15(17)11-5-3-9(16)7-14(11)18-13/h3-8H,2H2,1H3,(H2,17,18). The third kappa shape index (κ3) is 2.20. The van der Waals surface area contributed by atoms with Crippen LogP contribution >= 0.6 is 22.6 Å². The molecular weight excluding hydrogens is 351 g/mol. The maximum Gasteiger partial charge on any atom is 0.120 e. The van der Waals surface area contributed by atoms with Crippen molar-refractivity contribution in [3.05, 3.63) is 40.0 Å². The van der Waals surface area contributed by atoms with Gasteiger partial charge in [-0.25, -0.2) is 4.98 Å². The lowest BCUT2D eigenvalue weighted by Crippen LogP contribution is -1.95. The highest BCUT2D eigenvalue weighted by Crippen LogP contribution is 2.31. The summed E-state index contributed by atoms with van der Waals surface area (Å²) in [6.45, 7) is 2.61. The van der Waals surface area contributed by atoms with Gasteiger partial charge in [-0.3, -0.25) is 0 Å². The number of hydrogen-bond donors (Lipinski definition) is 1. The lowest BCUT2D eigenvalue weighted by Gasteiger charge is -2.09. The van der Waals surface area contributed by atoms with Gasteiger partial charge in [0.25, 0.3) is 0 Å². The molecular formula is C15H13IN2O. The molecule has 0 saturated carbocycles. The van der Waals surface area contributed by atoms with Crippen molar-refractivity contribution in [1.82, 2.24) is 4.98 Å². The van der Waals surface area contributed by atoms with E-state index in [9.17, 15) is 0 Å². The van der Waals surface area contributed by atoms with E-state index in [4.69, 9.17) is 10.5 Å². The first-order valence-electron chi connectivity index (χ1n) is 6.10. The topological polar surface area (TPSA) is 48.1 Å². The first-order valence-corrected chi connectivity index (χ1v) is 7.18. The van der Waals surface area contributed by atoms with E-state index in [1.165, 1.54) is 0 Å². The van der Waals surface area contributed by atoms with Gasteiger partial charge in [-0.1, -0.05) is 0 Å². The number of hydrogen-bond acceptors (Lipinski definition) is 3. The molecule has 2 aromatic carbocycles. The van der Waals surface area contributed by atoms with Crippen molar-refractivity contribution in [2.75, 3.05) is 12.3 Å². The van der Waals surface area contributed by atoms with Gasteiger partial charge in [0.15, 0.2) is 0 Å². The number of benzene rings is 2. The number of nitrogens with zero attached hydrogens (tertiary/aromatic N) is 1. The highest BCUT2D eigenvalue weighted by Gasteiger charge is 2.07. The molecule has 0 spiro atoms. The number of halogens is 1. The second-order valence-electron chi connectivity index (χ2n) is 4.30. The van der Waals surface area contributed by atoms with E-state index >= 15 is 0 Å². The Labute approximate surface area is 124 Å². The Morgan fingerprint density at radius 2 is 1.95 bits per heavy atom. The highest BCUT2D eigenvalue weighted by molar-refractivity contribution is 14.1. The van der Waals surface area contributed by atoms with Crippen molar-refractivity contribution < 1.29 is 4.74 Å². The van der Waals surface area contributed by atoms with E-state index in [0.29, 0.717) is 6.61 Å². The van der Waals surface area contributed by atoms with Crippen LogP contribution in [0.1, 0.15) is 6.92 Å². The summed E-state index contributed by atoms with van der Waals surface area (Å²) < 4.78 is 6.67. The van der Waals surface area contributed by atoms with Gasteiger partial charge in [0.05, 0.1) is 23.3 Å².